The monoisotopic (exact) mass is 563 g/mol. The number of nitrogens with zero attached hydrogens (tertiary/aromatic N) is 1. The number of carbonyl (C=O) groups excluding carboxylic acids is 1. The van der Waals surface area contributed by atoms with Crippen molar-refractivity contribution in [2.24, 2.45) is 5.92 Å². The minimum absolute atomic E-state index is 0.0810. The van der Waals surface area contributed by atoms with Gasteiger partial charge in [0.15, 0.2) is 5.78 Å². The van der Waals surface area contributed by atoms with Crippen LogP contribution in [-0.4, -0.2) is 18.4 Å². The topological polar surface area (TPSA) is 20.3 Å². The second-order valence-corrected chi connectivity index (χ2v) is 11.8. The number of fused-ring (bicyclic) bond motifs is 1. The molecule has 200 valence electrons. The second kappa shape index (κ2) is 10.1. The lowest BCUT2D eigenvalue weighted by Gasteiger charge is -2.53. The molecule has 4 aromatic rings. The zero-order valence-electron chi connectivity index (χ0n) is 22.9. The molecule has 2 nitrogen and oxygen atoms in total. The zero-order valence-corrected chi connectivity index (χ0v) is 24.4. The van der Waals surface area contributed by atoms with E-state index < -0.39 is 11.5 Å². The largest absolute Gasteiger partial charge is 0.363 e. The number of hydrogen-bond acceptors (Lipinski definition) is 2. The number of anilines is 1. The van der Waals surface area contributed by atoms with E-state index in [2.05, 4.69) is 86.5 Å². The van der Waals surface area contributed by atoms with Crippen molar-refractivity contribution in [3.63, 3.8) is 0 Å². The van der Waals surface area contributed by atoms with Crippen LogP contribution >= 0.6 is 23.2 Å². The maximum atomic E-state index is 14.9. The predicted octanol–water partition coefficient (Wildman–Crippen LogP) is 9.53. The molecule has 6 rings (SSSR count). The Hall–Kier alpha value is -3.59. The average molecular weight is 565 g/mol. The fraction of sp³-hybridized carbons (Fsp3) is 0.194. The van der Waals surface area contributed by atoms with Crippen molar-refractivity contribution >= 4 is 45.8 Å². The van der Waals surface area contributed by atoms with Crippen LogP contribution in [0.3, 0.4) is 0 Å². The molecule has 1 spiro atoms. The Balaban J connectivity index is 1.69. The molecule has 1 aliphatic heterocycles. The Morgan fingerprint density at radius 3 is 2.05 bits per heavy atom. The highest BCUT2D eigenvalue weighted by Gasteiger charge is 2.63. The van der Waals surface area contributed by atoms with Crippen LogP contribution in [0, 0.1) is 5.92 Å². The van der Waals surface area contributed by atoms with E-state index in [1.54, 1.807) is 12.1 Å². The highest BCUT2D eigenvalue weighted by molar-refractivity contribution is 6.31. The maximum Gasteiger partial charge on any atom is 0.173 e. The second-order valence-electron chi connectivity index (χ2n) is 11.0. The third-order valence-electron chi connectivity index (χ3n) is 9.12. The van der Waals surface area contributed by atoms with E-state index in [1.165, 1.54) is 5.56 Å². The number of para-hydroxylation sites is 1. The van der Waals surface area contributed by atoms with Crippen molar-refractivity contribution in [3.05, 3.63) is 148 Å². The molecule has 0 saturated carbocycles. The third-order valence-corrected chi connectivity index (χ3v) is 9.62. The van der Waals surface area contributed by atoms with Gasteiger partial charge in [0.2, 0.25) is 0 Å². The summed E-state index contributed by atoms with van der Waals surface area (Å²) in [6.07, 6.45) is 5.41. The number of likely N-dealkylation sites (N-methyl/N-ethyl adjacent to an activating group) is 1. The van der Waals surface area contributed by atoms with Gasteiger partial charge in [-0.15, -0.1) is 0 Å². The van der Waals surface area contributed by atoms with E-state index in [0.29, 0.717) is 15.6 Å². The van der Waals surface area contributed by atoms with Crippen LogP contribution in [0.25, 0.3) is 11.1 Å². The van der Waals surface area contributed by atoms with Crippen molar-refractivity contribution in [1.82, 2.24) is 0 Å². The quantitative estimate of drug-likeness (QED) is 0.225. The van der Waals surface area contributed by atoms with Crippen LogP contribution in [0.15, 0.2) is 115 Å². The third kappa shape index (κ3) is 3.97. The summed E-state index contributed by atoms with van der Waals surface area (Å²) in [5.74, 6) is -0.396. The van der Waals surface area contributed by atoms with Gasteiger partial charge in [-0.2, -0.15) is 0 Å². The predicted molar refractivity (Wildman–Crippen MR) is 168 cm³/mol. The molecule has 1 aliphatic carbocycles. The van der Waals surface area contributed by atoms with Crippen LogP contribution in [-0.2, 0) is 5.41 Å². The van der Waals surface area contributed by atoms with Gasteiger partial charge in [0.1, 0.15) is 0 Å². The molecule has 1 heterocycles. The SMILES string of the molecule is CCC1(C)c2ccccc2N(C)C12C=C(c1ccc(Cl)cc1)C=C(c1ccccc1)C2C(=O)c1ccc(Cl)cc1. The van der Waals surface area contributed by atoms with Crippen molar-refractivity contribution < 1.29 is 4.79 Å². The highest BCUT2D eigenvalue weighted by Crippen LogP contribution is 2.61. The molecule has 40 heavy (non-hydrogen) atoms. The van der Waals surface area contributed by atoms with E-state index >= 15 is 0 Å². The summed E-state index contributed by atoms with van der Waals surface area (Å²) in [5.41, 5.74) is 6.21. The smallest absolute Gasteiger partial charge is 0.173 e. The Bertz CT molecular complexity index is 1640. The Morgan fingerprint density at radius 1 is 0.800 bits per heavy atom. The molecule has 0 bridgehead atoms. The fourth-order valence-electron chi connectivity index (χ4n) is 6.92. The van der Waals surface area contributed by atoms with Crippen molar-refractivity contribution in [2.75, 3.05) is 11.9 Å². The lowest BCUT2D eigenvalue weighted by molar-refractivity contribution is 0.0877. The summed E-state index contributed by atoms with van der Waals surface area (Å²) in [6.45, 7) is 4.55. The number of rotatable bonds is 5. The summed E-state index contributed by atoms with van der Waals surface area (Å²) < 4.78 is 0. The van der Waals surface area contributed by atoms with Gasteiger partial charge in [0, 0.05) is 33.8 Å². The fourth-order valence-corrected chi connectivity index (χ4v) is 7.17. The van der Waals surface area contributed by atoms with E-state index in [1.807, 2.05) is 42.5 Å². The molecule has 3 unspecified atom stereocenters. The van der Waals surface area contributed by atoms with Gasteiger partial charge in [0.25, 0.3) is 0 Å². The van der Waals surface area contributed by atoms with E-state index in [0.717, 1.165) is 34.4 Å². The molecular formula is C36H31Cl2NO. The van der Waals surface area contributed by atoms with Gasteiger partial charge in [-0.25, -0.2) is 0 Å². The van der Waals surface area contributed by atoms with Crippen molar-refractivity contribution in [3.8, 4) is 0 Å². The maximum absolute atomic E-state index is 14.9. The van der Waals surface area contributed by atoms with E-state index in [9.17, 15) is 4.79 Å². The van der Waals surface area contributed by atoms with E-state index in [-0.39, 0.29) is 11.2 Å². The van der Waals surface area contributed by atoms with Crippen LogP contribution in [0.1, 0.15) is 47.3 Å². The molecular weight excluding hydrogens is 533 g/mol. The standard InChI is InChI=1S/C36H31Cl2NO/c1-4-35(2)31-12-8-9-13-32(31)39(3)36(35)23-27(24-14-18-28(37)19-15-24)22-30(25-10-6-5-7-11-25)33(36)34(40)26-16-20-29(38)21-17-26/h5-23,33H,4H2,1-3H3. The molecule has 0 N–H and O–H groups in total. The molecule has 4 heteroatoms. The molecule has 2 aliphatic rings. The summed E-state index contributed by atoms with van der Waals surface area (Å²) in [4.78, 5) is 17.2. The van der Waals surface area contributed by atoms with Crippen LogP contribution < -0.4 is 4.90 Å². The molecule has 0 fully saturated rings. The Morgan fingerprint density at radius 2 is 1.40 bits per heavy atom. The van der Waals surface area contributed by atoms with Gasteiger partial charge in [-0.1, -0.05) is 97.7 Å². The number of halogens is 2. The summed E-state index contributed by atoms with van der Waals surface area (Å²) in [5, 5.41) is 1.31. The molecule has 0 radical (unpaired) electrons. The minimum Gasteiger partial charge on any atom is -0.363 e. The normalized spacial score (nSPS) is 23.5. The summed E-state index contributed by atoms with van der Waals surface area (Å²) >= 11 is 12.5. The lowest BCUT2D eigenvalue weighted by Crippen LogP contribution is -2.62. The van der Waals surface area contributed by atoms with Crippen molar-refractivity contribution in [1.29, 1.82) is 0 Å². The number of Topliss-reactive ketones (excluding diaryl/α,β-unsaturated/α-hetero) is 1. The van der Waals surface area contributed by atoms with Gasteiger partial charge >= 0.3 is 0 Å². The number of ketones is 1. The Labute approximate surface area is 246 Å². The minimum atomic E-state index is -0.683. The first-order chi connectivity index (χ1) is 19.3. The Kier molecular flexibility index (Phi) is 6.73. The number of hydrogen-bond donors (Lipinski definition) is 0. The van der Waals surface area contributed by atoms with Crippen LogP contribution in [0.4, 0.5) is 5.69 Å². The van der Waals surface area contributed by atoms with E-state index in [4.69, 9.17) is 23.2 Å². The first-order valence-electron chi connectivity index (χ1n) is 13.7. The number of allylic oxidation sites excluding steroid dienone is 2. The molecule has 0 saturated heterocycles. The van der Waals surface area contributed by atoms with Gasteiger partial charge in [-0.3, -0.25) is 4.79 Å². The summed E-state index contributed by atoms with van der Waals surface area (Å²) in [6, 6.07) is 34.2. The van der Waals surface area contributed by atoms with Gasteiger partial charge in [0.05, 0.1) is 11.5 Å². The zero-order chi connectivity index (χ0) is 28.1. The first kappa shape index (κ1) is 26.6. The lowest BCUT2D eigenvalue weighted by atomic mass is 9.55. The van der Waals surface area contributed by atoms with Gasteiger partial charge < -0.3 is 4.90 Å². The average Bonchev–Trinajstić information content (AvgIpc) is 3.17. The molecule has 4 aromatic carbocycles. The molecule has 0 aromatic heterocycles. The number of carbonyl (C=O) groups is 1. The number of benzene rings is 4. The summed E-state index contributed by atoms with van der Waals surface area (Å²) in [7, 11) is 2.14. The molecule has 3 atom stereocenters. The first-order valence-corrected chi connectivity index (χ1v) is 14.4. The highest BCUT2D eigenvalue weighted by atomic mass is 35.5. The van der Waals surface area contributed by atoms with Crippen LogP contribution in [0.2, 0.25) is 10.0 Å². The van der Waals surface area contributed by atoms with Crippen LogP contribution in [0.5, 0.6) is 0 Å². The van der Waals surface area contributed by atoms with Crippen molar-refractivity contribution in [2.45, 2.75) is 31.2 Å². The molecule has 0 amide bonds. The van der Waals surface area contributed by atoms with Gasteiger partial charge in [-0.05, 0) is 88.9 Å².